The number of aliphatic carboxylic acids is 1. The van der Waals surface area contributed by atoms with Gasteiger partial charge in [-0.1, -0.05) is 48.9 Å². The van der Waals surface area contributed by atoms with Crippen LogP contribution in [-0.2, 0) is 16.1 Å². The SMILES string of the molecule is CO/C(=C\c1ccc(OCc2ccccc2)cc1)C(=O)[O-].[NH3+]C1CCCCC1. The van der Waals surface area contributed by atoms with E-state index in [0.29, 0.717) is 17.9 Å². The molecule has 0 saturated heterocycles. The highest BCUT2D eigenvalue weighted by Crippen LogP contribution is 2.16. The molecule has 0 spiro atoms. The van der Waals surface area contributed by atoms with E-state index in [1.165, 1.54) is 45.3 Å². The highest BCUT2D eigenvalue weighted by atomic mass is 16.5. The number of hydrogen-bond donors (Lipinski definition) is 1. The first-order chi connectivity index (χ1) is 13.6. The van der Waals surface area contributed by atoms with Crippen LogP contribution in [0.4, 0.5) is 0 Å². The third-order valence-corrected chi connectivity index (χ3v) is 4.57. The molecule has 0 bridgehead atoms. The van der Waals surface area contributed by atoms with Gasteiger partial charge in [0.1, 0.15) is 24.1 Å². The number of rotatable bonds is 6. The number of carbonyl (C=O) groups is 1. The van der Waals surface area contributed by atoms with E-state index in [1.807, 2.05) is 30.3 Å². The number of carboxylic acids is 1. The van der Waals surface area contributed by atoms with Crippen molar-refractivity contribution in [2.24, 2.45) is 0 Å². The van der Waals surface area contributed by atoms with Crippen LogP contribution in [0, 0.1) is 0 Å². The van der Waals surface area contributed by atoms with Gasteiger partial charge in [-0.05, 0) is 55.0 Å². The second kappa shape index (κ2) is 11.8. The molecular weight excluding hydrogens is 354 g/mol. The summed E-state index contributed by atoms with van der Waals surface area (Å²) in [6.45, 7) is 0.485. The molecule has 0 unspecified atom stereocenters. The van der Waals surface area contributed by atoms with Crippen molar-refractivity contribution in [1.29, 1.82) is 0 Å². The minimum Gasteiger partial charge on any atom is -0.542 e. The third-order valence-electron chi connectivity index (χ3n) is 4.57. The van der Waals surface area contributed by atoms with Gasteiger partial charge in [-0.15, -0.1) is 0 Å². The summed E-state index contributed by atoms with van der Waals surface area (Å²) in [5.41, 5.74) is 5.78. The Bertz CT molecular complexity index is 735. The molecule has 5 nitrogen and oxygen atoms in total. The summed E-state index contributed by atoms with van der Waals surface area (Å²) < 4.78 is 10.4. The highest BCUT2D eigenvalue weighted by molar-refractivity contribution is 5.88. The van der Waals surface area contributed by atoms with Crippen LogP contribution in [-0.4, -0.2) is 19.1 Å². The maximum Gasteiger partial charge on any atom is 0.142 e. The summed E-state index contributed by atoms with van der Waals surface area (Å²) in [4.78, 5) is 10.7. The first-order valence-corrected chi connectivity index (χ1v) is 9.65. The van der Waals surface area contributed by atoms with Gasteiger partial charge in [-0.3, -0.25) is 0 Å². The van der Waals surface area contributed by atoms with Crippen LogP contribution in [0.1, 0.15) is 43.2 Å². The maximum atomic E-state index is 10.7. The Hall–Kier alpha value is -2.79. The standard InChI is InChI=1S/C17H16O4.C6H13N/c1-20-16(17(18)19)11-13-7-9-15(10-8-13)21-12-14-5-3-2-4-6-14;7-6-4-2-1-3-5-6/h2-11H,12H2,1H3,(H,18,19);6H,1-5,7H2/b16-11-;. The van der Waals surface area contributed by atoms with Crippen LogP contribution in [0.25, 0.3) is 6.08 Å². The molecule has 0 aromatic heterocycles. The Morgan fingerprint density at radius 1 is 1.07 bits per heavy atom. The van der Waals surface area contributed by atoms with Crippen molar-refractivity contribution < 1.29 is 25.1 Å². The van der Waals surface area contributed by atoms with Crippen LogP contribution < -0.4 is 15.6 Å². The number of ether oxygens (including phenoxy) is 2. The van der Waals surface area contributed by atoms with E-state index in [-0.39, 0.29) is 5.76 Å². The molecule has 0 heterocycles. The molecule has 1 aliphatic rings. The van der Waals surface area contributed by atoms with Crippen molar-refractivity contribution in [2.45, 2.75) is 44.8 Å². The Kier molecular flexibility index (Phi) is 9.08. The normalized spacial score (nSPS) is 14.6. The molecule has 150 valence electrons. The van der Waals surface area contributed by atoms with Gasteiger partial charge < -0.3 is 25.1 Å². The largest absolute Gasteiger partial charge is 0.542 e. The molecule has 5 heteroatoms. The first-order valence-electron chi connectivity index (χ1n) is 9.65. The molecule has 0 atom stereocenters. The lowest BCUT2D eigenvalue weighted by atomic mass is 9.97. The Balaban J connectivity index is 0.000000336. The molecule has 2 aromatic carbocycles. The predicted molar refractivity (Wildman–Crippen MR) is 107 cm³/mol. The molecule has 1 aliphatic carbocycles. The van der Waals surface area contributed by atoms with E-state index in [0.717, 1.165) is 11.6 Å². The van der Waals surface area contributed by atoms with Crippen LogP contribution in [0.3, 0.4) is 0 Å². The Morgan fingerprint density at radius 2 is 1.71 bits per heavy atom. The summed E-state index contributed by atoms with van der Waals surface area (Å²) in [6.07, 6.45) is 8.45. The van der Waals surface area contributed by atoms with Gasteiger partial charge in [0.25, 0.3) is 0 Å². The predicted octanol–water partition coefficient (Wildman–Crippen LogP) is 2.56. The van der Waals surface area contributed by atoms with Crippen molar-refractivity contribution in [3.8, 4) is 5.75 Å². The summed E-state index contributed by atoms with van der Waals surface area (Å²) in [5, 5.41) is 10.7. The number of carbonyl (C=O) groups excluding carboxylic acids is 1. The van der Waals surface area contributed by atoms with Crippen LogP contribution >= 0.6 is 0 Å². The molecule has 3 rings (SSSR count). The zero-order valence-corrected chi connectivity index (χ0v) is 16.4. The average Bonchev–Trinajstić information content (AvgIpc) is 2.73. The van der Waals surface area contributed by atoms with Crippen molar-refractivity contribution in [2.75, 3.05) is 7.11 Å². The lowest BCUT2D eigenvalue weighted by Crippen LogP contribution is -2.61. The minimum absolute atomic E-state index is 0.215. The van der Waals surface area contributed by atoms with Crippen molar-refractivity contribution in [3.63, 3.8) is 0 Å². The van der Waals surface area contributed by atoms with Gasteiger partial charge in [0.05, 0.1) is 13.2 Å². The van der Waals surface area contributed by atoms with E-state index >= 15 is 0 Å². The number of methoxy groups -OCH3 is 1. The summed E-state index contributed by atoms with van der Waals surface area (Å²) in [7, 11) is 1.29. The highest BCUT2D eigenvalue weighted by Gasteiger charge is 2.09. The van der Waals surface area contributed by atoms with Crippen LogP contribution in [0.15, 0.2) is 60.4 Å². The van der Waals surface area contributed by atoms with Crippen molar-refractivity contribution in [1.82, 2.24) is 0 Å². The average molecular weight is 383 g/mol. The van der Waals surface area contributed by atoms with E-state index < -0.39 is 5.97 Å². The summed E-state index contributed by atoms with van der Waals surface area (Å²) >= 11 is 0. The fourth-order valence-corrected chi connectivity index (χ4v) is 2.94. The molecule has 1 fully saturated rings. The van der Waals surface area contributed by atoms with Gasteiger partial charge in [0.2, 0.25) is 0 Å². The van der Waals surface area contributed by atoms with Crippen LogP contribution in [0.2, 0.25) is 0 Å². The lowest BCUT2D eigenvalue weighted by Gasteiger charge is -2.12. The third kappa shape index (κ3) is 7.84. The Labute approximate surface area is 166 Å². The Morgan fingerprint density at radius 3 is 2.21 bits per heavy atom. The maximum absolute atomic E-state index is 10.7. The molecule has 0 aliphatic heterocycles. The van der Waals surface area contributed by atoms with Crippen LogP contribution in [0.5, 0.6) is 5.75 Å². The van der Waals surface area contributed by atoms with E-state index in [9.17, 15) is 9.90 Å². The van der Waals surface area contributed by atoms with Gasteiger partial charge in [-0.25, -0.2) is 0 Å². The second-order valence-corrected chi connectivity index (χ2v) is 6.85. The summed E-state index contributed by atoms with van der Waals surface area (Å²) in [6, 6.07) is 17.7. The fourth-order valence-electron chi connectivity index (χ4n) is 2.94. The monoisotopic (exact) mass is 383 g/mol. The number of quaternary nitrogens is 1. The molecule has 1 saturated carbocycles. The number of carboxylic acid groups (broad SMARTS) is 1. The molecule has 28 heavy (non-hydrogen) atoms. The molecule has 0 radical (unpaired) electrons. The van der Waals surface area contributed by atoms with Gasteiger partial charge >= 0.3 is 0 Å². The molecule has 0 amide bonds. The van der Waals surface area contributed by atoms with Crippen molar-refractivity contribution in [3.05, 3.63) is 71.5 Å². The second-order valence-electron chi connectivity index (χ2n) is 6.85. The van der Waals surface area contributed by atoms with E-state index in [4.69, 9.17) is 9.47 Å². The lowest BCUT2D eigenvalue weighted by molar-refractivity contribution is -0.425. The van der Waals surface area contributed by atoms with E-state index in [1.54, 1.807) is 24.3 Å². The first kappa shape index (κ1) is 21.5. The minimum atomic E-state index is -1.35. The zero-order chi connectivity index (χ0) is 20.2. The topological polar surface area (TPSA) is 86.2 Å². The number of hydrogen-bond acceptors (Lipinski definition) is 4. The molecule has 3 N–H and O–H groups in total. The van der Waals surface area contributed by atoms with E-state index in [2.05, 4.69) is 5.73 Å². The summed E-state index contributed by atoms with van der Waals surface area (Å²) in [5.74, 6) is -0.849. The van der Waals surface area contributed by atoms with Crippen molar-refractivity contribution >= 4 is 12.0 Å². The van der Waals surface area contributed by atoms with Gasteiger partial charge in [-0.2, -0.15) is 0 Å². The zero-order valence-electron chi connectivity index (χ0n) is 16.4. The van der Waals surface area contributed by atoms with Gasteiger partial charge in [0.15, 0.2) is 0 Å². The van der Waals surface area contributed by atoms with Gasteiger partial charge in [0, 0.05) is 0 Å². The fraction of sp³-hybridized carbons (Fsp3) is 0.348. The smallest absolute Gasteiger partial charge is 0.142 e. The quantitative estimate of drug-likeness (QED) is 0.614. The molecule has 2 aromatic rings. The molecular formula is C23H29NO4. The number of benzene rings is 2.